The first kappa shape index (κ1) is 26.9. The van der Waals surface area contributed by atoms with E-state index in [9.17, 15) is 14.4 Å². The summed E-state index contributed by atoms with van der Waals surface area (Å²) >= 11 is 1.22. The highest BCUT2D eigenvalue weighted by Crippen LogP contribution is 2.31. The van der Waals surface area contributed by atoms with Gasteiger partial charge >= 0.3 is 0 Å². The summed E-state index contributed by atoms with van der Waals surface area (Å²) in [5.74, 6) is -1.06. The number of hydrogen-bond donors (Lipinski definition) is 3. The molecule has 0 aliphatic carbocycles. The molecule has 1 radical (unpaired) electrons. The van der Waals surface area contributed by atoms with Gasteiger partial charge in [0.25, 0.3) is 0 Å². The largest absolute Gasteiger partial charge is 0.344 e. The molecule has 0 spiro atoms. The van der Waals surface area contributed by atoms with E-state index in [2.05, 4.69) is 21.1 Å². The summed E-state index contributed by atoms with van der Waals surface area (Å²) < 4.78 is 0. The second-order valence-electron chi connectivity index (χ2n) is 9.41. The fourth-order valence-electron chi connectivity index (χ4n) is 4.98. The standard InChI is InChI=1S/C29H33N4O3S/c30-15-8-7-13-24(28(35)25-18-37-19-32-25)33-29(36)27-22(14-16-31-27)26(34)17-23(20-9-3-1-4-10-20)21-11-5-2-6-12-21/h1-6,9-12,18,22-24,27,31H,7-8,13-17,30H2,(H,33,36)/t22?,24-,27-/m0/s1. The number of rotatable bonds is 13. The van der Waals surface area contributed by atoms with Crippen LogP contribution >= 0.6 is 11.3 Å². The summed E-state index contributed by atoms with van der Waals surface area (Å²) in [7, 11) is 0. The van der Waals surface area contributed by atoms with Crippen molar-refractivity contribution in [3.63, 3.8) is 0 Å². The number of amides is 1. The van der Waals surface area contributed by atoms with Crippen molar-refractivity contribution in [3.05, 3.63) is 88.4 Å². The van der Waals surface area contributed by atoms with Crippen molar-refractivity contribution >= 4 is 28.8 Å². The summed E-state index contributed by atoms with van der Waals surface area (Å²) in [6.45, 7) is 1.09. The van der Waals surface area contributed by atoms with E-state index in [0.29, 0.717) is 44.5 Å². The van der Waals surface area contributed by atoms with Crippen LogP contribution in [0.4, 0.5) is 0 Å². The smallest absolute Gasteiger partial charge is 0.238 e. The van der Waals surface area contributed by atoms with E-state index in [1.54, 1.807) is 5.38 Å². The average Bonchev–Trinajstić information content (AvgIpc) is 3.65. The van der Waals surface area contributed by atoms with Gasteiger partial charge in [-0.3, -0.25) is 14.4 Å². The van der Waals surface area contributed by atoms with Gasteiger partial charge in [-0.15, -0.1) is 11.3 Å². The number of carbonyl (C=O) groups excluding carboxylic acids is 3. The molecule has 7 nitrogen and oxygen atoms in total. The third kappa shape index (κ3) is 6.97. The first-order chi connectivity index (χ1) is 18.1. The Bertz CT molecular complexity index is 1110. The van der Waals surface area contributed by atoms with Crippen molar-refractivity contribution in [2.45, 2.75) is 50.1 Å². The van der Waals surface area contributed by atoms with Gasteiger partial charge in [0.1, 0.15) is 11.5 Å². The minimum Gasteiger partial charge on any atom is -0.344 e. The second-order valence-corrected chi connectivity index (χ2v) is 10.1. The number of nitrogens with two attached hydrogens (primary N) is 1. The molecule has 4 rings (SSSR count). The zero-order valence-corrected chi connectivity index (χ0v) is 21.6. The average molecular weight is 518 g/mol. The predicted octanol–water partition coefficient (Wildman–Crippen LogP) is 3.51. The van der Waals surface area contributed by atoms with E-state index < -0.39 is 18.0 Å². The number of aromatic nitrogens is 1. The molecular formula is C29H33N4O3S. The second kappa shape index (κ2) is 13.4. The summed E-state index contributed by atoms with van der Waals surface area (Å²) in [4.78, 5) is 44.0. The lowest BCUT2D eigenvalue weighted by Gasteiger charge is -2.24. The number of hydrogen-bond acceptors (Lipinski definition) is 7. The van der Waals surface area contributed by atoms with E-state index in [-0.39, 0.29) is 23.4 Å². The number of ketones is 2. The number of unbranched alkanes of at least 4 members (excludes halogenated alkanes) is 1. The van der Waals surface area contributed by atoms with Crippen LogP contribution in [-0.2, 0) is 9.59 Å². The van der Waals surface area contributed by atoms with Crippen LogP contribution in [0.1, 0.15) is 59.6 Å². The Morgan fingerprint density at radius 2 is 1.73 bits per heavy atom. The highest BCUT2D eigenvalue weighted by molar-refractivity contribution is 7.07. The van der Waals surface area contributed by atoms with Crippen molar-refractivity contribution in [1.82, 2.24) is 15.6 Å². The predicted molar refractivity (Wildman–Crippen MR) is 144 cm³/mol. The van der Waals surface area contributed by atoms with Gasteiger partial charge in [-0.25, -0.2) is 4.98 Å². The van der Waals surface area contributed by atoms with Gasteiger partial charge < -0.3 is 16.4 Å². The molecule has 1 aliphatic heterocycles. The van der Waals surface area contributed by atoms with Crippen LogP contribution < -0.4 is 16.4 Å². The maximum Gasteiger partial charge on any atom is 0.238 e. The number of nitrogens with one attached hydrogen (secondary N) is 2. The molecule has 1 amide bonds. The van der Waals surface area contributed by atoms with Gasteiger partial charge in [0.2, 0.25) is 11.7 Å². The molecule has 0 saturated carbocycles. The van der Waals surface area contributed by atoms with E-state index >= 15 is 0 Å². The fraction of sp³-hybridized carbons (Fsp3) is 0.379. The van der Waals surface area contributed by atoms with Gasteiger partial charge in [-0.1, -0.05) is 60.7 Å². The summed E-state index contributed by atoms with van der Waals surface area (Å²) in [5, 5.41) is 7.75. The fourth-order valence-corrected chi connectivity index (χ4v) is 5.46. The topological polar surface area (TPSA) is 114 Å². The first-order valence-corrected chi connectivity index (χ1v) is 13.7. The Morgan fingerprint density at radius 3 is 2.32 bits per heavy atom. The molecule has 1 fully saturated rings. The van der Waals surface area contributed by atoms with E-state index in [1.165, 1.54) is 11.3 Å². The maximum absolute atomic E-state index is 13.6. The Labute approximate surface area is 221 Å². The van der Waals surface area contributed by atoms with Crippen LogP contribution in [0.25, 0.3) is 0 Å². The van der Waals surface area contributed by atoms with Gasteiger partial charge in [0, 0.05) is 23.6 Å². The van der Waals surface area contributed by atoms with Crippen molar-refractivity contribution < 1.29 is 14.4 Å². The molecule has 1 aliphatic rings. The van der Waals surface area contributed by atoms with Gasteiger partial charge in [0.15, 0.2) is 5.51 Å². The van der Waals surface area contributed by atoms with Crippen LogP contribution in [0.2, 0.25) is 0 Å². The first-order valence-electron chi connectivity index (χ1n) is 12.8. The Morgan fingerprint density at radius 1 is 1.05 bits per heavy atom. The maximum atomic E-state index is 13.6. The summed E-state index contributed by atoms with van der Waals surface area (Å²) in [6.07, 6.45) is 2.82. The highest BCUT2D eigenvalue weighted by Gasteiger charge is 2.39. The van der Waals surface area contributed by atoms with Crippen LogP contribution in [0.3, 0.4) is 0 Å². The normalized spacial score (nSPS) is 18.0. The van der Waals surface area contributed by atoms with Gasteiger partial charge in [-0.05, 0) is 49.9 Å². The monoisotopic (exact) mass is 517 g/mol. The van der Waals surface area contributed by atoms with Gasteiger partial charge in [-0.2, -0.15) is 0 Å². The van der Waals surface area contributed by atoms with Crippen molar-refractivity contribution in [1.29, 1.82) is 0 Å². The Balaban J connectivity index is 1.47. The minimum atomic E-state index is -0.714. The molecule has 2 aromatic carbocycles. The van der Waals surface area contributed by atoms with E-state index in [1.807, 2.05) is 60.7 Å². The molecule has 3 aromatic rings. The molecule has 4 N–H and O–H groups in total. The molecule has 8 heteroatoms. The lowest BCUT2D eigenvalue weighted by molar-refractivity contribution is -0.130. The lowest BCUT2D eigenvalue weighted by Crippen LogP contribution is -2.51. The SMILES string of the molecule is NCCCC[C@H](NC(=O)[C@H]1NCCC1C(=O)CC(c1ccccc1)c1ccccc1)C(=O)c1cs[c]n1. The number of carbonyl (C=O) groups is 3. The number of nitrogens with zero attached hydrogens (tertiary/aromatic N) is 1. The molecule has 1 aromatic heterocycles. The molecular weight excluding hydrogens is 484 g/mol. The zero-order valence-electron chi connectivity index (χ0n) is 20.8. The Hall–Kier alpha value is -3.20. The lowest BCUT2D eigenvalue weighted by atomic mass is 9.82. The third-order valence-electron chi connectivity index (χ3n) is 6.95. The van der Waals surface area contributed by atoms with E-state index in [0.717, 1.165) is 17.5 Å². The molecule has 37 heavy (non-hydrogen) atoms. The van der Waals surface area contributed by atoms with Crippen LogP contribution in [-0.4, -0.2) is 47.6 Å². The summed E-state index contributed by atoms with van der Waals surface area (Å²) in [5.41, 5.74) is 10.7. The number of thiazole rings is 1. The molecule has 193 valence electrons. The van der Waals surface area contributed by atoms with Crippen molar-refractivity contribution in [2.75, 3.05) is 13.1 Å². The third-order valence-corrected chi connectivity index (χ3v) is 7.49. The number of Topliss-reactive ketones (excluding diaryl/α,β-unsaturated/α-hetero) is 2. The van der Waals surface area contributed by atoms with Gasteiger partial charge in [0.05, 0.1) is 12.1 Å². The van der Waals surface area contributed by atoms with Crippen LogP contribution in [0.5, 0.6) is 0 Å². The van der Waals surface area contributed by atoms with Crippen LogP contribution in [0, 0.1) is 11.4 Å². The van der Waals surface area contributed by atoms with Crippen molar-refractivity contribution in [3.8, 4) is 0 Å². The van der Waals surface area contributed by atoms with Crippen LogP contribution in [0.15, 0.2) is 66.0 Å². The Kier molecular flexibility index (Phi) is 9.71. The molecule has 2 heterocycles. The molecule has 3 atom stereocenters. The zero-order chi connectivity index (χ0) is 26.0. The minimum absolute atomic E-state index is 0.0444. The molecule has 1 saturated heterocycles. The molecule has 0 bridgehead atoms. The van der Waals surface area contributed by atoms with E-state index in [4.69, 9.17) is 5.73 Å². The number of benzene rings is 2. The summed E-state index contributed by atoms with van der Waals surface area (Å²) in [6, 6.07) is 18.6. The molecule has 1 unspecified atom stereocenters. The van der Waals surface area contributed by atoms with Crippen molar-refractivity contribution in [2.24, 2.45) is 11.7 Å². The quantitative estimate of drug-likeness (QED) is 0.236. The highest BCUT2D eigenvalue weighted by atomic mass is 32.1.